The maximum absolute atomic E-state index is 13.7. The first-order valence-corrected chi connectivity index (χ1v) is 8.46. The molecule has 0 aliphatic rings. The number of hydrogen-bond acceptors (Lipinski definition) is 2. The lowest BCUT2D eigenvalue weighted by molar-refractivity contribution is -0.149. The van der Waals surface area contributed by atoms with Crippen molar-refractivity contribution in [3.05, 3.63) is 75.4 Å². The summed E-state index contributed by atoms with van der Waals surface area (Å²) in [4.78, 5) is 12.1. The summed E-state index contributed by atoms with van der Waals surface area (Å²) in [6.07, 6.45) is -23.3. The molecule has 0 bridgehead atoms. The van der Waals surface area contributed by atoms with Crippen molar-refractivity contribution >= 4 is 11.5 Å². The smallest absolute Gasteiger partial charge is 0.419 e. The molecule has 192 valence electrons. The van der Waals surface area contributed by atoms with Crippen LogP contribution in [0.5, 0.6) is 0 Å². The van der Waals surface area contributed by atoms with Gasteiger partial charge in [0.15, 0.2) is 5.78 Å². The molecule has 2 nitrogen and oxygen atoms in total. The molecule has 2 aromatic carbocycles. The number of alkyl halides is 12. The van der Waals surface area contributed by atoms with Gasteiger partial charge in [0.2, 0.25) is 0 Å². The molecule has 0 spiro atoms. The molecule has 16 heteroatoms. The Kier molecular flexibility index (Phi) is 6.95. The lowest BCUT2D eigenvalue weighted by atomic mass is 9.98. The second-order valence-corrected chi connectivity index (χ2v) is 6.66. The predicted molar refractivity (Wildman–Crippen MR) is 87.7 cm³/mol. The molecule has 1 N–H and O–H groups in total. The summed E-state index contributed by atoms with van der Waals surface area (Å²) in [7, 11) is 0. The highest BCUT2D eigenvalue weighted by Gasteiger charge is 2.44. The Labute approximate surface area is 184 Å². The van der Waals surface area contributed by atoms with Crippen LogP contribution in [0.2, 0.25) is 0 Å². The van der Waals surface area contributed by atoms with E-state index in [2.05, 4.69) is 0 Å². The van der Waals surface area contributed by atoms with Crippen LogP contribution >= 0.6 is 0 Å². The number of carbonyl (C=O) groups is 1. The number of halogens is 14. The zero-order valence-corrected chi connectivity index (χ0v) is 16.0. The van der Waals surface area contributed by atoms with Gasteiger partial charge in [-0.05, 0) is 24.3 Å². The second kappa shape index (κ2) is 8.71. The van der Waals surface area contributed by atoms with Crippen LogP contribution in [0.25, 0.3) is 5.76 Å². The normalized spacial score (nSPS) is 13.8. The standard InChI is InChI=1S/C19H6F14O2/c20-14-8(16(22,23)24)1-6(2-9(14)17(25,26)27)12(34)5-13(35)7-3-10(18(28,29)30)15(21)11(4-7)19(31,32)33/h1-5,34H/b12-5-. The Balaban J connectivity index is 2.72. The molecule has 0 radical (unpaired) electrons. The Morgan fingerprint density at radius 2 is 0.829 bits per heavy atom. The van der Waals surface area contributed by atoms with E-state index in [0.717, 1.165) is 0 Å². The van der Waals surface area contributed by atoms with E-state index >= 15 is 0 Å². The van der Waals surface area contributed by atoms with Gasteiger partial charge in [-0.3, -0.25) is 4.79 Å². The zero-order chi connectivity index (χ0) is 27.3. The highest BCUT2D eigenvalue weighted by atomic mass is 19.4. The number of ketones is 1. The number of aliphatic hydroxyl groups is 1. The predicted octanol–water partition coefficient (Wildman–Crippen LogP) is 7.82. The minimum atomic E-state index is -5.76. The minimum absolute atomic E-state index is 0.318. The van der Waals surface area contributed by atoms with Crippen LogP contribution in [0, 0.1) is 11.6 Å². The molecule has 0 aliphatic heterocycles. The SMILES string of the molecule is O=C(/C=C(\O)c1cc(C(F)(F)F)c(F)c(C(F)(F)F)c1)c1cc(C(F)(F)F)c(F)c(C(F)(F)F)c1. The van der Waals surface area contributed by atoms with Crippen molar-refractivity contribution in [2.75, 3.05) is 0 Å². The fourth-order valence-corrected chi connectivity index (χ4v) is 2.66. The Morgan fingerprint density at radius 3 is 1.09 bits per heavy atom. The van der Waals surface area contributed by atoms with E-state index in [-0.39, 0.29) is 18.2 Å². The van der Waals surface area contributed by atoms with Crippen LogP contribution in [0.4, 0.5) is 61.5 Å². The lowest BCUT2D eigenvalue weighted by Crippen LogP contribution is -2.17. The Morgan fingerprint density at radius 1 is 0.571 bits per heavy atom. The highest BCUT2D eigenvalue weighted by Crippen LogP contribution is 2.41. The molecule has 0 amide bonds. The van der Waals surface area contributed by atoms with Crippen molar-refractivity contribution in [1.82, 2.24) is 0 Å². The van der Waals surface area contributed by atoms with Crippen LogP contribution in [-0.4, -0.2) is 10.9 Å². The summed E-state index contributed by atoms with van der Waals surface area (Å²) >= 11 is 0. The number of benzene rings is 2. The number of aliphatic hydroxyl groups excluding tert-OH is 1. The molecule has 2 aromatic rings. The first kappa shape index (κ1) is 27.9. The summed E-state index contributed by atoms with van der Waals surface area (Å²) in [5.74, 6) is -9.41. The second-order valence-electron chi connectivity index (χ2n) is 6.66. The van der Waals surface area contributed by atoms with E-state index in [1.807, 2.05) is 0 Å². The molecule has 0 unspecified atom stereocenters. The van der Waals surface area contributed by atoms with Crippen LogP contribution in [0.3, 0.4) is 0 Å². The van der Waals surface area contributed by atoms with E-state index < -0.39 is 93.4 Å². The number of hydrogen-bond donors (Lipinski definition) is 1. The molecular weight excluding hydrogens is 526 g/mol. The van der Waals surface area contributed by atoms with Gasteiger partial charge in [0.25, 0.3) is 0 Å². The van der Waals surface area contributed by atoms with Crippen LogP contribution in [-0.2, 0) is 24.7 Å². The largest absolute Gasteiger partial charge is 0.507 e. The maximum Gasteiger partial charge on any atom is 0.419 e. The summed E-state index contributed by atoms with van der Waals surface area (Å²) in [5.41, 5.74) is -13.3. The molecule has 0 atom stereocenters. The summed E-state index contributed by atoms with van der Waals surface area (Å²) in [6, 6.07) is -1.58. The zero-order valence-electron chi connectivity index (χ0n) is 16.0. The molecule has 35 heavy (non-hydrogen) atoms. The van der Waals surface area contributed by atoms with Gasteiger partial charge in [-0.2, -0.15) is 52.7 Å². The third kappa shape index (κ3) is 6.03. The Hall–Kier alpha value is -3.33. The van der Waals surface area contributed by atoms with Crippen LogP contribution in [0.15, 0.2) is 30.3 Å². The van der Waals surface area contributed by atoms with Gasteiger partial charge in [-0.25, -0.2) is 8.78 Å². The van der Waals surface area contributed by atoms with E-state index in [1.54, 1.807) is 0 Å². The number of rotatable bonds is 3. The van der Waals surface area contributed by atoms with E-state index in [4.69, 9.17) is 0 Å². The molecule has 0 aromatic heterocycles. The first-order valence-electron chi connectivity index (χ1n) is 8.46. The van der Waals surface area contributed by atoms with Crippen molar-refractivity contribution in [3.63, 3.8) is 0 Å². The minimum Gasteiger partial charge on any atom is -0.507 e. The maximum atomic E-state index is 13.7. The molecular formula is C19H6F14O2. The van der Waals surface area contributed by atoms with Crippen LogP contribution < -0.4 is 0 Å². The van der Waals surface area contributed by atoms with Crippen molar-refractivity contribution in [2.24, 2.45) is 0 Å². The molecule has 0 saturated heterocycles. The molecule has 0 heterocycles. The Bertz CT molecular complexity index is 1110. The fourth-order valence-electron chi connectivity index (χ4n) is 2.66. The average Bonchev–Trinajstić information content (AvgIpc) is 2.64. The van der Waals surface area contributed by atoms with E-state index in [1.165, 1.54) is 0 Å². The summed E-state index contributed by atoms with van der Waals surface area (Å²) < 4.78 is 182. The first-order chi connectivity index (χ1) is 15.5. The molecule has 0 saturated carbocycles. The average molecular weight is 532 g/mol. The molecule has 0 aliphatic carbocycles. The topological polar surface area (TPSA) is 37.3 Å². The third-order valence-electron chi connectivity index (χ3n) is 4.21. The number of carbonyl (C=O) groups excluding carboxylic acids is 1. The van der Waals surface area contributed by atoms with Gasteiger partial charge in [0.1, 0.15) is 17.4 Å². The highest BCUT2D eigenvalue weighted by molar-refractivity contribution is 6.08. The number of allylic oxidation sites excluding steroid dienone is 1. The molecule has 2 rings (SSSR count). The van der Waals surface area contributed by atoms with E-state index in [0.29, 0.717) is 0 Å². The van der Waals surface area contributed by atoms with Gasteiger partial charge in [0, 0.05) is 17.2 Å². The van der Waals surface area contributed by atoms with Gasteiger partial charge >= 0.3 is 24.7 Å². The quantitative estimate of drug-likeness (QED) is 0.190. The summed E-state index contributed by atoms with van der Waals surface area (Å²) in [5, 5.41) is 9.80. The van der Waals surface area contributed by atoms with Gasteiger partial charge in [-0.15, -0.1) is 0 Å². The van der Waals surface area contributed by atoms with Crippen molar-refractivity contribution in [2.45, 2.75) is 24.7 Å². The third-order valence-corrected chi connectivity index (χ3v) is 4.21. The summed E-state index contributed by atoms with van der Waals surface area (Å²) in [6.45, 7) is 0. The van der Waals surface area contributed by atoms with Gasteiger partial charge < -0.3 is 5.11 Å². The fraction of sp³-hybridized carbons (Fsp3) is 0.211. The van der Waals surface area contributed by atoms with Crippen molar-refractivity contribution < 1.29 is 71.4 Å². The van der Waals surface area contributed by atoms with Crippen LogP contribution in [0.1, 0.15) is 38.2 Å². The van der Waals surface area contributed by atoms with Gasteiger partial charge in [0.05, 0.1) is 22.3 Å². The lowest BCUT2D eigenvalue weighted by Gasteiger charge is -2.16. The van der Waals surface area contributed by atoms with Crippen molar-refractivity contribution in [1.29, 1.82) is 0 Å². The van der Waals surface area contributed by atoms with Gasteiger partial charge in [-0.1, -0.05) is 0 Å². The molecule has 0 fully saturated rings. The van der Waals surface area contributed by atoms with E-state index in [9.17, 15) is 71.4 Å². The van der Waals surface area contributed by atoms with Crippen molar-refractivity contribution in [3.8, 4) is 0 Å². The monoisotopic (exact) mass is 532 g/mol.